The zero-order chi connectivity index (χ0) is 17.6. The van der Waals surface area contributed by atoms with Crippen molar-refractivity contribution in [2.45, 2.75) is 33.2 Å². The van der Waals surface area contributed by atoms with Gasteiger partial charge in [-0.15, -0.1) is 0 Å². The van der Waals surface area contributed by atoms with E-state index in [9.17, 15) is 9.59 Å². The number of fused-ring (bicyclic) bond motifs is 1. The Kier molecular flexibility index (Phi) is 4.12. The number of benzene rings is 1. The molecule has 5 heteroatoms. The van der Waals surface area contributed by atoms with Gasteiger partial charge in [0.25, 0.3) is 5.56 Å². The number of carbonyl (C=O) groups is 1. The molecule has 0 spiro atoms. The summed E-state index contributed by atoms with van der Waals surface area (Å²) in [5, 5.41) is 1.08. The molecule has 1 aliphatic carbocycles. The normalized spacial score (nSPS) is 18.7. The molecule has 1 aliphatic heterocycles. The Morgan fingerprint density at radius 3 is 2.56 bits per heavy atom. The van der Waals surface area contributed by atoms with Crippen molar-refractivity contribution in [3.63, 3.8) is 0 Å². The van der Waals surface area contributed by atoms with Crippen molar-refractivity contribution in [3.8, 4) is 0 Å². The number of hydrogen-bond acceptors (Lipinski definition) is 3. The number of carbonyl (C=O) groups excluding carboxylic acids is 1. The fourth-order valence-electron chi connectivity index (χ4n) is 3.64. The van der Waals surface area contributed by atoms with Gasteiger partial charge in [0.1, 0.15) is 0 Å². The number of piperazine rings is 1. The zero-order valence-electron chi connectivity index (χ0n) is 15.0. The van der Waals surface area contributed by atoms with E-state index in [-0.39, 0.29) is 5.56 Å². The molecule has 1 saturated heterocycles. The molecule has 1 saturated carbocycles. The lowest BCUT2D eigenvalue weighted by Gasteiger charge is -2.34. The summed E-state index contributed by atoms with van der Waals surface area (Å²) in [6.45, 7) is 7.97. The largest absolute Gasteiger partial charge is 0.340 e. The Morgan fingerprint density at radius 1 is 1.16 bits per heavy atom. The molecule has 4 rings (SSSR count). The fourth-order valence-corrected chi connectivity index (χ4v) is 3.64. The lowest BCUT2D eigenvalue weighted by atomic mass is 10.0. The lowest BCUT2D eigenvalue weighted by molar-refractivity contribution is -0.134. The Hall–Kier alpha value is -2.14. The van der Waals surface area contributed by atoms with E-state index in [1.54, 1.807) is 0 Å². The van der Waals surface area contributed by atoms with Crippen LogP contribution in [0, 0.1) is 19.8 Å². The average molecular weight is 339 g/mol. The molecule has 0 unspecified atom stereocenters. The molecule has 5 nitrogen and oxygen atoms in total. The Bertz CT molecular complexity index is 874. The van der Waals surface area contributed by atoms with Crippen LogP contribution in [0.5, 0.6) is 0 Å². The molecule has 25 heavy (non-hydrogen) atoms. The first-order valence-corrected chi connectivity index (χ1v) is 9.16. The fraction of sp³-hybridized carbons (Fsp3) is 0.500. The number of pyridine rings is 1. The lowest BCUT2D eigenvalue weighted by Crippen LogP contribution is -2.49. The molecular weight excluding hydrogens is 314 g/mol. The van der Waals surface area contributed by atoms with E-state index in [1.165, 1.54) is 5.56 Å². The van der Waals surface area contributed by atoms with E-state index in [1.807, 2.05) is 17.9 Å². The van der Waals surface area contributed by atoms with E-state index < -0.39 is 0 Å². The maximum Gasteiger partial charge on any atom is 0.252 e. The van der Waals surface area contributed by atoms with Crippen molar-refractivity contribution < 1.29 is 4.79 Å². The number of rotatable bonds is 3. The molecule has 1 aromatic heterocycles. The van der Waals surface area contributed by atoms with Crippen LogP contribution >= 0.6 is 0 Å². The van der Waals surface area contributed by atoms with Crippen LogP contribution in [0.15, 0.2) is 23.0 Å². The molecule has 2 heterocycles. The summed E-state index contributed by atoms with van der Waals surface area (Å²) < 4.78 is 0. The molecular formula is C20H25N3O2. The van der Waals surface area contributed by atoms with Gasteiger partial charge in [-0.1, -0.05) is 12.1 Å². The van der Waals surface area contributed by atoms with Crippen LogP contribution in [0.1, 0.15) is 29.5 Å². The summed E-state index contributed by atoms with van der Waals surface area (Å²) in [7, 11) is 0. The summed E-state index contributed by atoms with van der Waals surface area (Å²) in [5.74, 6) is 0.621. The van der Waals surface area contributed by atoms with Crippen LogP contribution in [0.4, 0.5) is 0 Å². The molecule has 0 bridgehead atoms. The Labute approximate surface area is 147 Å². The molecule has 2 aromatic rings. The SMILES string of the molecule is Cc1ccc2cc(CN3CCN(C(=O)C4CC4)CC3)c(=O)[nH]c2c1C. The maximum atomic E-state index is 12.5. The second kappa shape index (κ2) is 6.30. The molecule has 2 fully saturated rings. The highest BCUT2D eigenvalue weighted by molar-refractivity contribution is 5.83. The highest BCUT2D eigenvalue weighted by Gasteiger charge is 2.34. The second-order valence-electron chi connectivity index (χ2n) is 7.47. The molecule has 0 atom stereocenters. The van der Waals surface area contributed by atoms with Gasteiger partial charge < -0.3 is 9.88 Å². The smallest absolute Gasteiger partial charge is 0.252 e. The van der Waals surface area contributed by atoms with Crippen molar-refractivity contribution in [1.29, 1.82) is 0 Å². The highest BCUT2D eigenvalue weighted by atomic mass is 16.2. The number of aryl methyl sites for hydroxylation is 2. The number of amides is 1. The Balaban J connectivity index is 1.48. The topological polar surface area (TPSA) is 56.4 Å². The third kappa shape index (κ3) is 3.21. The van der Waals surface area contributed by atoms with E-state index in [4.69, 9.17) is 0 Å². The minimum atomic E-state index is -0.00214. The van der Waals surface area contributed by atoms with Crippen molar-refractivity contribution in [2.75, 3.05) is 26.2 Å². The summed E-state index contributed by atoms with van der Waals surface area (Å²) >= 11 is 0. The minimum absolute atomic E-state index is 0.00214. The number of nitrogens with one attached hydrogen (secondary N) is 1. The van der Waals surface area contributed by atoms with Crippen LogP contribution < -0.4 is 5.56 Å². The van der Waals surface area contributed by atoms with Gasteiger partial charge in [-0.2, -0.15) is 0 Å². The van der Waals surface area contributed by atoms with Crippen molar-refractivity contribution in [1.82, 2.24) is 14.8 Å². The second-order valence-corrected chi connectivity index (χ2v) is 7.47. The van der Waals surface area contributed by atoms with Crippen LogP contribution in [0.2, 0.25) is 0 Å². The van der Waals surface area contributed by atoms with Crippen LogP contribution in [-0.2, 0) is 11.3 Å². The van der Waals surface area contributed by atoms with Gasteiger partial charge in [0, 0.05) is 44.2 Å². The van der Waals surface area contributed by atoms with E-state index in [0.29, 0.717) is 18.4 Å². The molecule has 132 valence electrons. The quantitative estimate of drug-likeness (QED) is 0.933. The van der Waals surface area contributed by atoms with Crippen LogP contribution in [-0.4, -0.2) is 46.9 Å². The van der Waals surface area contributed by atoms with Gasteiger partial charge in [-0.3, -0.25) is 14.5 Å². The number of aromatic nitrogens is 1. The standard InChI is InChI=1S/C20H25N3O2/c1-13-3-4-16-11-17(19(24)21-18(16)14(13)2)12-22-7-9-23(10-8-22)20(25)15-5-6-15/h3-4,11,15H,5-10,12H2,1-2H3,(H,21,24). The first-order chi connectivity index (χ1) is 12.0. The van der Waals surface area contributed by atoms with E-state index in [2.05, 4.69) is 28.9 Å². The summed E-state index contributed by atoms with van der Waals surface area (Å²) in [4.78, 5) is 32.0. The van der Waals surface area contributed by atoms with Crippen molar-refractivity contribution in [3.05, 3.63) is 45.2 Å². The average Bonchev–Trinajstić information content (AvgIpc) is 3.45. The number of nitrogens with zero attached hydrogens (tertiary/aromatic N) is 2. The van der Waals surface area contributed by atoms with Gasteiger partial charge in [-0.25, -0.2) is 0 Å². The Morgan fingerprint density at radius 2 is 1.88 bits per heavy atom. The first kappa shape index (κ1) is 16.3. The summed E-state index contributed by atoms with van der Waals surface area (Å²) in [5.41, 5.74) is 4.06. The van der Waals surface area contributed by atoms with Gasteiger partial charge >= 0.3 is 0 Å². The zero-order valence-corrected chi connectivity index (χ0v) is 15.0. The van der Waals surface area contributed by atoms with Gasteiger partial charge in [0.15, 0.2) is 0 Å². The third-order valence-electron chi connectivity index (χ3n) is 5.63. The molecule has 2 aliphatic rings. The minimum Gasteiger partial charge on any atom is -0.340 e. The monoisotopic (exact) mass is 339 g/mol. The van der Waals surface area contributed by atoms with Crippen molar-refractivity contribution in [2.24, 2.45) is 5.92 Å². The first-order valence-electron chi connectivity index (χ1n) is 9.16. The van der Waals surface area contributed by atoms with Crippen LogP contribution in [0.25, 0.3) is 10.9 Å². The molecule has 1 N–H and O–H groups in total. The van der Waals surface area contributed by atoms with Gasteiger partial charge in [-0.05, 0) is 49.3 Å². The maximum absolute atomic E-state index is 12.5. The predicted octanol–water partition coefficient (Wildman–Crippen LogP) is 2.20. The van der Waals surface area contributed by atoms with Gasteiger partial charge in [0.05, 0.1) is 5.52 Å². The third-order valence-corrected chi connectivity index (χ3v) is 5.63. The number of hydrogen-bond donors (Lipinski definition) is 1. The van der Waals surface area contributed by atoms with Crippen molar-refractivity contribution >= 4 is 16.8 Å². The van der Waals surface area contributed by atoms with E-state index >= 15 is 0 Å². The van der Waals surface area contributed by atoms with E-state index in [0.717, 1.165) is 61.1 Å². The summed E-state index contributed by atoms with van der Waals surface area (Å²) in [6.07, 6.45) is 2.12. The van der Waals surface area contributed by atoms with Gasteiger partial charge in [0.2, 0.25) is 5.91 Å². The molecule has 1 amide bonds. The highest BCUT2D eigenvalue weighted by Crippen LogP contribution is 2.31. The number of aromatic amines is 1. The predicted molar refractivity (Wildman–Crippen MR) is 98.6 cm³/mol. The van der Waals surface area contributed by atoms with Crippen LogP contribution in [0.3, 0.4) is 0 Å². The number of H-pyrrole nitrogens is 1. The summed E-state index contributed by atoms with van der Waals surface area (Å²) in [6, 6.07) is 6.19. The molecule has 0 radical (unpaired) electrons. The molecule has 1 aromatic carbocycles.